The number of carbonyl (C=O) groups excluding carboxylic acids is 1. The maximum atomic E-state index is 12.1. The molecule has 1 atom stereocenters. The highest BCUT2D eigenvalue weighted by Crippen LogP contribution is 2.19. The van der Waals surface area contributed by atoms with E-state index in [0.717, 1.165) is 10.0 Å². The smallest absolute Gasteiger partial charge is 0.253 e. The van der Waals surface area contributed by atoms with Crippen molar-refractivity contribution in [2.24, 2.45) is 0 Å². The van der Waals surface area contributed by atoms with Crippen LogP contribution < -0.4 is 11.1 Å². The van der Waals surface area contributed by atoms with E-state index in [1.807, 2.05) is 31.2 Å². The van der Waals surface area contributed by atoms with Gasteiger partial charge in [-0.15, -0.1) is 0 Å². The molecule has 1 aromatic carbocycles. The van der Waals surface area contributed by atoms with Crippen molar-refractivity contribution in [2.75, 3.05) is 5.73 Å². The summed E-state index contributed by atoms with van der Waals surface area (Å²) in [5, 5.41) is 2.91. The number of nitrogen functional groups attached to an aromatic ring is 1. The highest BCUT2D eigenvalue weighted by molar-refractivity contribution is 9.10. The number of amides is 1. The molecule has 3 N–H and O–H groups in total. The second kappa shape index (κ2) is 5.84. The van der Waals surface area contributed by atoms with E-state index >= 15 is 0 Å². The van der Waals surface area contributed by atoms with Crippen molar-refractivity contribution in [1.82, 2.24) is 10.3 Å². The van der Waals surface area contributed by atoms with Gasteiger partial charge in [0.05, 0.1) is 23.5 Å². The van der Waals surface area contributed by atoms with Gasteiger partial charge in [0.1, 0.15) is 0 Å². The molecule has 0 aliphatic carbocycles. The Morgan fingerprint density at radius 1 is 1.42 bits per heavy atom. The Morgan fingerprint density at radius 2 is 2.21 bits per heavy atom. The summed E-state index contributed by atoms with van der Waals surface area (Å²) >= 11 is 3.41. The van der Waals surface area contributed by atoms with Crippen molar-refractivity contribution in [3.63, 3.8) is 0 Å². The molecule has 0 bridgehead atoms. The van der Waals surface area contributed by atoms with Crippen LogP contribution in [0.5, 0.6) is 0 Å². The van der Waals surface area contributed by atoms with E-state index in [-0.39, 0.29) is 11.9 Å². The minimum absolute atomic E-state index is 0.0995. The maximum absolute atomic E-state index is 12.1. The van der Waals surface area contributed by atoms with E-state index in [2.05, 4.69) is 26.2 Å². The van der Waals surface area contributed by atoms with E-state index in [0.29, 0.717) is 11.3 Å². The zero-order chi connectivity index (χ0) is 13.8. The summed E-state index contributed by atoms with van der Waals surface area (Å²) in [6.45, 7) is 1.93. The third-order valence-corrected chi connectivity index (χ3v) is 3.29. The monoisotopic (exact) mass is 319 g/mol. The Morgan fingerprint density at radius 3 is 2.89 bits per heavy atom. The molecule has 0 spiro atoms. The van der Waals surface area contributed by atoms with E-state index in [1.54, 1.807) is 12.3 Å². The molecule has 0 radical (unpaired) electrons. The molecule has 1 amide bonds. The van der Waals surface area contributed by atoms with Crippen LogP contribution in [-0.4, -0.2) is 10.9 Å². The van der Waals surface area contributed by atoms with Crippen LogP contribution in [0.2, 0.25) is 0 Å². The molecule has 0 aliphatic heterocycles. The third kappa shape index (κ3) is 3.32. The van der Waals surface area contributed by atoms with Crippen molar-refractivity contribution in [1.29, 1.82) is 0 Å². The highest BCUT2D eigenvalue weighted by atomic mass is 79.9. The van der Waals surface area contributed by atoms with Crippen LogP contribution in [0.4, 0.5) is 5.69 Å². The van der Waals surface area contributed by atoms with Crippen molar-refractivity contribution >= 4 is 27.5 Å². The van der Waals surface area contributed by atoms with Crippen molar-refractivity contribution in [3.8, 4) is 0 Å². The van der Waals surface area contributed by atoms with E-state index in [9.17, 15) is 4.79 Å². The number of halogens is 1. The van der Waals surface area contributed by atoms with Gasteiger partial charge in [-0.1, -0.05) is 28.1 Å². The molecule has 5 heteroatoms. The van der Waals surface area contributed by atoms with Gasteiger partial charge in [0.15, 0.2) is 0 Å². The number of anilines is 1. The fourth-order valence-corrected chi connectivity index (χ4v) is 2.16. The number of aromatic nitrogens is 1. The molecular formula is C14H14BrN3O. The van der Waals surface area contributed by atoms with Gasteiger partial charge in [0.2, 0.25) is 0 Å². The molecule has 1 heterocycles. The van der Waals surface area contributed by atoms with Crippen molar-refractivity contribution < 1.29 is 4.79 Å². The SMILES string of the molecule is CC(NC(=O)c1ccncc1N)c1cccc(Br)c1. The fraction of sp³-hybridized carbons (Fsp3) is 0.143. The zero-order valence-corrected chi connectivity index (χ0v) is 12.0. The summed E-state index contributed by atoms with van der Waals surface area (Å²) < 4.78 is 0.981. The van der Waals surface area contributed by atoms with Crippen LogP contribution in [-0.2, 0) is 0 Å². The quantitative estimate of drug-likeness (QED) is 0.914. The molecule has 0 saturated heterocycles. The lowest BCUT2D eigenvalue weighted by atomic mass is 10.1. The maximum Gasteiger partial charge on any atom is 0.253 e. The number of nitrogens with two attached hydrogens (primary N) is 1. The third-order valence-electron chi connectivity index (χ3n) is 2.79. The predicted molar refractivity (Wildman–Crippen MR) is 78.7 cm³/mol. The Kier molecular flexibility index (Phi) is 4.16. The van der Waals surface area contributed by atoms with E-state index in [4.69, 9.17) is 5.73 Å². The van der Waals surface area contributed by atoms with Crippen LogP contribution in [0.3, 0.4) is 0 Å². The summed E-state index contributed by atoms with van der Waals surface area (Å²) in [6.07, 6.45) is 3.02. The van der Waals surface area contributed by atoms with Crippen LogP contribution in [0.25, 0.3) is 0 Å². The molecule has 0 saturated carbocycles. The average Bonchev–Trinajstić information content (AvgIpc) is 2.39. The standard InChI is InChI=1S/C14H14BrN3O/c1-9(10-3-2-4-11(15)7-10)18-14(19)12-5-6-17-8-13(12)16/h2-9H,16H2,1H3,(H,18,19). The summed E-state index contributed by atoms with van der Waals surface area (Å²) in [4.78, 5) is 16.0. The van der Waals surface area contributed by atoms with Crippen molar-refractivity contribution in [2.45, 2.75) is 13.0 Å². The number of pyridine rings is 1. The first-order valence-electron chi connectivity index (χ1n) is 5.83. The van der Waals surface area contributed by atoms with Crippen LogP contribution in [0.15, 0.2) is 47.2 Å². The first kappa shape index (κ1) is 13.5. The Balaban J connectivity index is 2.13. The number of nitrogens with one attached hydrogen (secondary N) is 1. The lowest BCUT2D eigenvalue weighted by Gasteiger charge is -2.15. The minimum Gasteiger partial charge on any atom is -0.397 e. The van der Waals surface area contributed by atoms with Crippen LogP contribution >= 0.6 is 15.9 Å². The molecule has 2 aromatic rings. The molecule has 1 unspecified atom stereocenters. The van der Waals surface area contributed by atoms with Gasteiger partial charge < -0.3 is 11.1 Å². The number of rotatable bonds is 3. The molecule has 19 heavy (non-hydrogen) atoms. The van der Waals surface area contributed by atoms with Crippen molar-refractivity contribution in [3.05, 3.63) is 58.3 Å². The molecule has 98 valence electrons. The summed E-state index contributed by atoms with van der Waals surface area (Å²) in [5.41, 5.74) is 7.57. The molecule has 4 nitrogen and oxygen atoms in total. The topological polar surface area (TPSA) is 68.0 Å². The van der Waals surface area contributed by atoms with Gasteiger partial charge in [0, 0.05) is 10.7 Å². The van der Waals surface area contributed by atoms with Crippen LogP contribution in [0.1, 0.15) is 28.9 Å². The van der Waals surface area contributed by atoms with Gasteiger partial charge in [-0.05, 0) is 30.7 Å². The first-order chi connectivity index (χ1) is 9.08. The zero-order valence-electron chi connectivity index (χ0n) is 10.4. The lowest BCUT2D eigenvalue weighted by Crippen LogP contribution is -2.27. The molecule has 0 fully saturated rings. The number of benzene rings is 1. The largest absolute Gasteiger partial charge is 0.397 e. The summed E-state index contributed by atoms with van der Waals surface area (Å²) in [5.74, 6) is -0.202. The normalized spacial score (nSPS) is 11.9. The summed E-state index contributed by atoms with van der Waals surface area (Å²) in [6, 6.07) is 9.32. The molecule has 2 rings (SSSR count). The highest BCUT2D eigenvalue weighted by Gasteiger charge is 2.13. The number of carbonyl (C=O) groups is 1. The average molecular weight is 320 g/mol. The van der Waals surface area contributed by atoms with Gasteiger partial charge in [-0.2, -0.15) is 0 Å². The minimum atomic E-state index is -0.202. The van der Waals surface area contributed by atoms with Crippen LogP contribution in [0, 0.1) is 0 Å². The number of hydrogen-bond acceptors (Lipinski definition) is 3. The second-order valence-corrected chi connectivity index (χ2v) is 5.13. The molecule has 0 aliphatic rings. The van der Waals surface area contributed by atoms with E-state index in [1.165, 1.54) is 6.20 Å². The molecule has 1 aromatic heterocycles. The Labute approximate surface area is 120 Å². The lowest BCUT2D eigenvalue weighted by molar-refractivity contribution is 0.0940. The molecular weight excluding hydrogens is 306 g/mol. The van der Waals surface area contributed by atoms with Gasteiger partial charge in [-0.3, -0.25) is 9.78 Å². The van der Waals surface area contributed by atoms with E-state index < -0.39 is 0 Å². The number of nitrogens with zero attached hydrogens (tertiary/aromatic N) is 1. The van der Waals surface area contributed by atoms with Gasteiger partial charge >= 0.3 is 0 Å². The van der Waals surface area contributed by atoms with Gasteiger partial charge in [-0.25, -0.2) is 0 Å². The first-order valence-corrected chi connectivity index (χ1v) is 6.63. The summed E-state index contributed by atoms with van der Waals surface area (Å²) in [7, 11) is 0. The Hall–Kier alpha value is -1.88. The fourth-order valence-electron chi connectivity index (χ4n) is 1.75. The second-order valence-electron chi connectivity index (χ2n) is 4.21. The predicted octanol–water partition coefficient (Wildman–Crippen LogP) is 2.92. The number of hydrogen-bond donors (Lipinski definition) is 2. The van der Waals surface area contributed by atoms with Gasteiger partial charge in [0.25, 0.3) is 5.91 Å². The Bertz CT molecular complexity index is 601.